The van der Waals surface area contributed by atoms with Gasteiger partial charge in [-0.25, -0.2) is 4.98 Å². The van der Waals surface area contributed by atoms with Crippen LogP contribution in [0.15, 0.2) is 15.0 Å². The molecule has 5 heterocycles. The second-order valence-electron chi connectivity index (χ2n) is 8.28. The van der Waals surface area contributed by atoms with Crippen molar-refractivity contribution in [2.24, 2.45) is 0 Å². The number of pyridine rings is 1. The summed E-state index contributed by atoms with van der Waals surface area (Å²) in [6, 6.07) is 3.89. The van der Waals surface area contributed by atoms with Crippen LogP contribution in [0.1, 0.15) is 47.2 Å². The Bertz CT molecular complexity index is 1220. The summed E-state index contributed by atoms with van der Waals surface area (Å²) in [6.07, 6.45) is 3.91. The molecule has 0 bridgehead atoms. The minimum atomic E-state index is -0.386. The molecule has 10 nitrogen and oxygen atoms in total. The summed E-state index contributed by atoms with van der Waals surface area (Å²) in [6.45, 7) is 3.10. The highest BCUT2D eigenvalue weighted by molar-refractivity contribution is 9.10. The number of anilines is 1. The van der Waals surface area contributed by atoms with Crippen molar-refractivity contribution >= 4 is 38.6 Å². The Hall–Kier alpha value is -2.97. The lowest BCUT2D eigenvalue weighted by Gasteiger charge is -2.30. The van der Waals surface area contributed by atoms with Gasteiger partial charge in [-0.3, -0.25) is 4.79 Å². The number of aryl methyl sites for hydroxylation is 1. The summed E-state index contributed by atoms with van der Waals surface area (Å²) < 4.78 is 8.36. The lowest BCUT2D eigenvalue weighted by atomic mass is 10.1. The van der Waals surface area contributed by atoms with Crippen molar-refractivity contribution in [2.75, 3.05) is 25.5 Å². The van der Waals surface area contributed by atoms with Crippen molar-refractivity contribution in [3.63, 3.8) is 0 Å². The van der Waals surface area contributed by atoms with Gasteiger partial charge in [0.2, 0.25) is 5.76 Å². The molecular weight excluding hydrogens is 476 g/mol. The van der Waals surface area contributed by atoms with Crippen molar-refractivity contribution in [2.45, 2.75) is 44.8 Å². The number of furan rings is 1. The highest BCUT2D eigenvalue weighted by Crippen LogP contribution is 2.35. The molecule has 11 heteroatoms. The van der Waals surface area contributed by atoms with Crippen LogP contribution in [0.4, 0.5) is 5.82 Å². The number of carbonyl (C=O) groups is 1. The molecule has 0 unspecified atom stereocenters. The Morgan fingerprint density at radius 3 is 2.94 bits per heavy atom. The van der Waals surface area contributed by atoms with Gasteiger partial charge in [-0.15, -0.1) is 10.2 Å². The highest BCUT2D eigenvalue weighted by Gasteiger charge is 2.25. The Morgan fingerprint density at radius 2 is 2.16 bits per heavy atom. The van der Waals surface area contributed by atoms with Crippen LogP contribution >= 0.6 is 15.9 Å². The van der Waals surface area contributed by atoms with E-state index < -0.39 is 0 Å². The van der Waals surface area contributed by atoms with E-state index in [0.717, 1.165) is 57.0 Å². The van der Waals surface area contributed by atoms with Gasteiger partial charge >= 0.3 is 0 Å². The van der Waals surface area contributed by atoms with E-state index in [9.17, 15) is 10.1 Å². The Labute approximate surface area is 193 Å². The number of hydrogen-bond acceptors (Lipinski definition) is 8. The first-order valence-electron chi connectivity index (χ1n) is 10.7. The van der Waals surface area contributed by atoms with Gasteiger partial charge in [-0.2, -0.15) is 5.26 Å². The van der Waals surface area contributed by atoms with Gasteiger partial charge in [-0.1, -0.05) is 0 Å². The molecule has 0 radical (unpaired) electrons. The summed E-state index contributed by atoms with van der Waals surface area (Å²) in [5, 5.41) is 24.7. The van der Waals surface area contributed by atoms with E-state index in [-0.39, 0.29) is 35.5 Å². The van der Waals surface area contributed by atoms with Crippen LogP contribution in [0.5, 0.6) is 0 Å². The number of carbonyl (C=O) groups excluding carboxylic acids is 1. The molecule has 1 saturated heterocycles. The number of hydrogen-bond donors (Lipinski definition) is 2. The fourth-order valence-electron chi connectivity index (χ4n) is 4.30. The fourth-order valence-corrected chi connectivity index (χ4v) is 4.80. The van der Waals surface area contributed by atoms with E-state index in [1.54, 1.807) is 6.07 Å². The Balaban J connectivity index is 1.43. The summed E-state index contributed by atoms with van der Waals surface area (Å²) in [5.74, 6) is 1.99. The van der Waals surface area contributed by atoms with Crippen LogP contribution in [0.25, 0.3) is 11.0 Å². The monoisotopic (exact) mass is 498 g/mol. The smallest absolute Gasteiger partial charge is 0.274 e. The number of nitrogens with one attached hydrogen (secondary N) is 2. The predicted molar refractivity (Wildman–Crippen MR) is 120 cm³/mol. The minimum Gasteiger partial charge on any atom is -0.443 e. The molecule has 0 atom stereocenters. The molecular formula is C21H23BrN8O2. The third-order valence-corrected chi connectivity index (χ3v) is 6.90. The number of nitrogens with zero attached hydrogens (tertiary/aromatic N) is 6. The number of halogens is 1. The Morgan fingerprint density at radius 1 is 1.34 bits per heavy atom. The summed E-state index contributed by atoms with van der Waals surface area (Å²) in [5.41, 5.74) is 0.424. The third kappa shape index (κ3) is 3.84. The molecule has 2 N–H and O–H groups in total. The number of piperidine rings is 1. The van der Waals surface area contributed by atoms with E-state index in [0.29, 0.717) is 15.7 Å². The molecule has 32 heavy (non-hydrogen) atoms. The van der Waals surface area contributed by atoms with Crippen molar-refractivity contribution in [3.05, 3.63) is 33.6 Å². The number of fused-ring (bicyclic) bond motifs is 2. The first-order chi connectivity index (χ1) is 15.5. The molecule has 2 aliphatic rings. The molecule has 166 valence electrons. The summed E-state index contributed by atoms with van der Waals surface area (Å²) >= 11 is 3.59. The number of likely N-dealkylation sites (tertiary alicyclic amines) is 1. The minimum absolute atomic E-state index is 0.128. The van der Waals surface area contributed by atoms with Gasteiger partial charge in [0.1, 0.15) is 17.7 Å². The van der Waals surface area contributed by atoms with Gasteiger partial charge in [0, 0.05) is 30.5 Å². The van der Waals surface area contributed by atoms with Crippen LogP contribution in [-0.4, -0.2) is 56.7 Å². The molecule has 3 aromatic rings. The lowest BCUT2D eigenvalue weighted by Crippen LogP contribution is -2.37. The van der Waals surface area contributed by atoms with Crippen LogP contribution in [0.3, 0.4) is 0 Å². The standard InChI is InChI=1S/C21H23BrN8O2/c1-29-7-4-12(5-8-29)25-20-17(22)14-9-13(10-23)32-19(14)18(26-20)21(31)24-11-16-28-27-15-3-2-6-30(15)16/h9,12H,2-8,11H2,1H3,(H,24,31)(H,25,26). The second-order valence-corrected chi connectivity index (χ2v) is 9.07. The number of rotatable bonds is 5. The van der Waals surface area contributed by atoms with Gasteiger partial charge in [0.15, 0.2) is 17.1 Å². The number of nitriles is 1. The van der Waals surface area contributed by atoms with Gasteiger partial charge < -0.3 is 24.5 Å². The SMILES string of the molecule is CN1CCC(Nc2nc(C(=O)NCc3nnc4n3CCC4)c3oc(C#N)cc3c2Br)CC1. The van der Waals surface area contributed by atoms with E-state index in [1.807, 2.05) is 10.6 Å². The Kier molecular flexibility index (Phi) is 5.57. The molecule has 1 amide bonds. The quantitative estimate of drug-likeness (QED) is 0.549. The van der Waals surface area contributed by atoms with Crippen molar-refractivity contribution < 1.29 is 9.21 Å². The van der Waals surface area contributed by atoms with Crippen LogP contribution in [0.2, 0.25) is 0 Å². The average molecular weight is 499 g/mol. The molecule has 0 spiro atoms. The topological polar surface area (TPSA) is 125 Å². The van der Waals surface area contributed by atoms with Crippen molar-refractivity contribution in [1.29, 1.82) is 5.26 Å². The molecule has 0 saturated carbocycles. The van der Waals surface area contributed by atoms with Gasteiger partial charge in [0.05, 0.1) is 11.0 Å². The average Bonchev–Trinajstić information content (AvgIpc) is 3.51. The highest BCUT2D eigenvalue weighted by atomic mass is 79.9. The number of amides is 1. The molecule has 0 aliphatic carbocycles. The zero-order valence-corrected chi connectivity index (χ0v) is 19.3. The van der Waals surface area contributed by atoms with Crippen molar-refractivity contribution in [1.82, 2.24) is 30.0 Å². The van der Waals surface area contributed by atoms with E-state index in [4.69, 9.17) is 4.42 Å². The molecule has 1 fully saturated rings. The third-order valence-electron chi connectivity index (χ3n) is 6.09. The maximum Gasteiger partial charge on any atom is 0.274 e. The van der Waals surface area contributed by atoms with E-state index in [2.05, 4.69) is 53.7 Å². The lowest BCUT2D eigenvalue weighted by molar-refractivity contribution is 0.0945. The largest absolute Gasteiger partial charge is 0.443 e. The van der Waals surface area contributed by atoms with E-state index in [1.165, 1.54) is 0 Å². The summed E-state index contributed by atoms with van der Waals surface area (Å²) in [7, 11) is 2.11. The molecule has 2 aliphatic heterocycles. The number of aromatic nitrogens is 4. The predicted octanol–water partition coefficient (Wildman–Crippen LogP) is 2.44. The van der Waals surface area contributed by atoms with Crippen LogP contribution in [-0.2, 0) is 19.5 Å². The normalized spacial score (nSPS) is 16.8. The zero-order valence-electron chi connectivity index (χ0n) is 17.7. The van der Waals surface area contributed by atoms with Crippen molar-refractivity contribution in [3.8, 4) is 6.07 Å². The molecule has 5 rings (SSSR count). The fraction of sp³-hybridized carbons (Fsp3) is 0.476. The maximum absolute atomic E-state index is 13.1. The van der Waals surface area contributed by atoms with Crippen LogP contribution < -0.4 is 10.6 Å². The molecule has 3 aromatic heterocycles. The summed E-state index contributed by atoms with van der Waals surface area (Å²) in [4.78, 5) is 20.0. The first-order valence-corrected chi connectivity index (χ1v) is 11.5. The molecule has 0 aromatic carbocycles. The first kappa shape index (κ1) is 20.9. The van der Waals surface area contributed by atoms with Crippen LogP contribution in [0, 0.1) is 11.3 Å². The van der Waals surface area contributed by atoms with E-state index >= 15 is 0 Å². The van der Waals surface area contributed by atoms with Gasteiger partial charge in [-0.05, 0) is 55.3 Å². The maximum atomic E-state index is 13.1. The second kappa shape index (κ2) is 8.52. The zero-order chi connectivity index (χ0) is 22.2. The van der Waals surface area contributed by atoms with Gasteiger partial charge in [0.25, 0.3) is 5.91 Å².